The number of benzene rings is 1. The summed E-state index contributed by atoms with van der Waals surface area (Å²) in [5.74, 6) is 0.438. The highest BCUT2D eigenvalue weighted by atomic mass is 35.5. The number of aromatic nitrogens is 2. The van der Waals surface area contributed by atoms with E-state index in [0.29, 0.717) is 15.9 Å². The van der Waals surface area contributed by atoms with Gasteiger partial charge in [0.15, 0.2) is 0 Å². The zero-order valence-electron chi connectivity index (χ0n) is 9.97. The number of hydrogen-bond donors (Lipinski definition) is 1. The average Bonchev–Trinajstić information content (AvgIpc) is 2.75. The van der Waals surface area contributed by atoms with Crippen LogP contribution in [-0.4, -0.2) is 19.7 Å². The number of hydrogen-bond acceptors (Lipinski definition) is 2. The van der Waals surface area contributed by atoms with Crippen LogP contribution in [0.2, 0.25) is 10.0 Å². The Kier molecular flexibility index (Phi) is 3.99. The van der Waals surface area contributed by atoms with Crippen LogP contribution in [0, 0.1) is 0 Å². The Balaban J connectivity index is 2.36. The minimum Gasteiger partial charge on any atom is -0.243 e. The maximum atomic E-state index is 11.5. The van der Waals surface area contributed by atoms with Gasteiger partial charge in [-0.05, 0) is 23.8 Å². The number of H-pyrrole nitrogens is 1. The third-order valence-electron chi connectivity index (χ3n) is 2.42. The molecule has 1 heterocycles. The molecule has 0 aliphatic heterocycles. The second kappa shape index (κ2) is 5.36. The van der Waals surface area contributed by atoms with Crippen molar-refractivity contribution in [3.63, 3.8) is 0 Å². The fourth-order valence-corrected chi connectivity index (χ4v) is 2.77. The molecular weight excluding hydrogens is 307 g/mol. The summed E-state index contributed by atoms with van der Waals surface area (Å²) >= 11 is 11.8. The summed E-state index contributed by atoms with van der Waals surface area (Å²) in [6.45, 7) is 0. The Morgan fingerprint density at radius 1 is 1.26 bits per heavy atom. The number of rotatable bonds is 3. The van der Waals surface area contributed by atoms with Gasteiger partial charge in [-0.2, -0.15) is 8.42 Å². The van der Waals surface area contributed by atoms with E-state index in [9.17, 15) is 8.42 Å². The topological polar surface area (TPSA) is 53.8 Å². The van der Waals surface area contributed by atoms with Crippen LogP contribution in [0.5, 0.6) is 0 Å². The molecule has 4 nitrogen and oxygen atoms in total. The predicted molar refractivity (Wildman–Crippen MR) is 76.6 cm³/mol. The van der Waals surface area contributed by atoms with Crippen LogP contribution in [0.25, 0.3) is 12.2 Å². The molecule has 0 aliphatic carbocycles. The van der Waals surface area contributed by atoms with Gasteiger partial charge in [0.1, 0.15) is 12.4 Å². The van der Waals surface area contributed by atoms with Gasteiger partial charge < -0.3 is 0 Å². The first-order valence-electron chi connectivity index (χ1n) is 5.30. The Morgan fingerprint density at radius 2 is 2.00 bits per heavy atom. The summed E-state index contributed by atoms with van der Waals surface area (Å²) in [6.07, 6.45) is 7.47. The highest BCUT2D eigenvalue weighted by Crippen LogP contribution is 2.22. The van der Waals surface area contributed by atoms with Gasteiger partial charge in [0.2, 0.25) is 0 Å². The van der Waals surface area contributed by atoms with Gasteiger partial charge in [0, 0.05) is 16.1 Å². The van der Waals surface area contributed by atoms with Crippen molar-refractivity contribution >= 4 is 45.4 Å². The van der Waals surface area contributed by atoms with Crippen molar-refractivity contribution in [1.29, 1.82) is 0 Å². The molecule has 1 aromatic carbocycles. The molecule has 0 unspecified atom stereocenters. The van der Waals surface area contributed by atoms with Crippen molar-refractivity contribution < 1.29 is 12.4 Å². The Bertz CT molecular complexity index is 736. The highest BCUT2D eigenvalue weighted by Gasteiger charge is 2.16. The van der Waals surface area contributed by atoms with Gasteiger partial charge in [-0.25, -0.2) is 4.98 Å². The number of halogens is 2. The Hall–Kier alpha value is -1.30. The quantitative estimate of drug-likeness (QED) is 0.885. The standard InChI is InChI=1S/C12H10Cl2N2O2S/c1-19(17,18)16-7-6-15-12(16)5-3-9-2-4-10(13)8-11(9)14/h2-8H,1H3/p+1/b5-3+. The van der Waals surface area contributed by atoms with Gasteiger partial charge in [0.05, 0.1) is 6.26 Å². The van der Waals surface area contributed by atoms with E-state index in [-0.39, 0.29) is 0 Å². The van der Waals surface area contributed by atoms with Gasteiger partial charge in [-0.15, -0.1) is 3.97 Å². The number of nitrogens with zero attached hydrogens (tertiary/aromatic N) is 1. The minimum absolute atomic E-state index is 0.438. The molecule has 0 aliphatic rings. The summed E-state index contributed by atoms with van der Waals surface area (Å²) in [7, 11) is -3.33. The van der Waals surface area contributed by atoms with Crippen LogP contribution in [0.1, 0.15) is 11.4 Å². The van der Waals surface area contributed by atoms with Crippen LogP contribution in [0.3, 0.4) is 0 Å². The lowest BCUT2D eigenvalue weighted by molar-refractivity contribution is -0.510. The van der Waals surface area contributed by atoms with E-state index in [1.165, 1.54) is 6.20 Å². The van der Waals surface area contributed by atoms with Crippen molar-refractivity contribution in [2.45, 2.75) is 0 Å². The van der Waals surface area contributed by atoms with Gasteiger partial charge in [-0.1, -0.05) is 29.3 Å². The Morgan fingerprint density at radius 3 is 2.63 bits per heavy atom. The first-order chi connectivity index (χ1) is 8.88. The molecule has 2 rings (SSSR count). The lowest BCUT2D eigenvalue weighted by atomic mass is 10.2. The second-order valence-electron chi connectivity index (χ2n) is 3.90. The van der Waals surface area contributed by atoms with Gasteiger partial charge >= 0.3 is 10.0 Å². The van der Waals surface area contributed by atoms with Crippen LogP contribution >= 0.6 is 23.2 Å². The highest BCUT2D eigenvalue weighted by molar-refractivity contribution is 7.84. The van der Waals surface area contributed by atoms with Crippen LogP contribution in [0.4, 0.5) is 0 Å². The van der Waals surface area contributed by atoms with Crippen molar-refractivity contribution in [3.05, 3.63) is 52.0 Å². The minimum atomic E-state index is -3.33. The summed E-state index contributed by atoms with van der Waals surface area (Å²) in [4.78, 5) is 2.84. The average molecular weight is 318 g/mol. The summed E-state index contributed by atoms with van der Waals surface area (Å²) in [5, 5.41) is 1.05. The SMILES string of the molecule is CS(=O)(=O)[n+]1cc[nH]c1/C=C/c1ccc(Cl)cc1Cl. The maximum absolute atomic E-state index is 11.5. The fraction of sp³-hybridized carbons (Fsp3) is 0.0833. The first-order valence-corrected chi connectivity index (χ1v) is 7.91. The molecular formula is C12H11Cl2N2O2S+. The summed E-state index contributed by atoms with van der Waals surface area (Å²) < 4.78 is 24.2. The van der Waals surface area contributed by atoms with Gasteiger partial charge in [-0.3, -0.25) is 0 Å². The largest absolute Gasteiger partial charge is 0.302 e. The second-order valence-corrected chi connectivity index (χ2v) is 6.61. The predicted octanol–water partition coefficient (Wildman–Crippen LogP) is 2.59. The third-order valence-corrected chi connectivity index (χ3v) is 4.01. The molecule has 0 saturated carbocycles. The zero-order chi connectivity index (χ0) is 14.0. The lowest BCUT2D eigenvalue weighted by Crippen LogP contribution is -2.42. The van der Waals surface area contributed by atoms with Crippen molar-refractivity contribution in [3.8, 4) is 0 Å². The van der Waals surface area contributed by atoms with Crippen LogP contribution in [-0.2, 0) is 10.0 Å². The summed E-state index contributed by atoms with van der Waals surface area (Å²) in [6, 6.07) is 5.10. The molecule has 0 atom stereocenters. The first kappa shape index (κ1) is 14.1. The smallest absolute Gasteiger partial charge is 0.243 e. The molecule has 19 heavy (non-hydrogen) atoms. The molecule has 1 N–H and O–H groups in total. The molecule has 100 valence electrons. The molecule has 0 radical (unpaired) electrons. The normalized spacial score (nSPS) is 12.2. The summed E-state index contributed by atoms with van der Waals surface area (Å²) in [5.41, 5.74) is 0.751. The maximum Gasteiger partial charge on any atom is 0.302 e. The van der Waals surface area contributed by atoms with E-state index in [0.717, 1.165) is 15.8 Å². The molecule has 2 aromatic rings. The molecule has 1 aromatic heterocycles. The van der Waals surface area contributed by atoms with Crippen molar-refractivity contribution in [2.24, 2.45) is 0 Å². The van der Waals surface area contributed by atoms with E-state index in [1.807, 2.05) is 0 Å². The monoisotopic (exact) mass is 317 g/mol. The van der Waals surface area contributed by atoms with E-state index < -0.39 is 10.0 Å². The molecule has 0 spiro atoms. The number of aromatic amines is 1. The zero-order valence-corrected chi connectivity index (χ0v) is 12.3. The number of nitrogens with one attached hydrogen (secondary N) is 1. The third kappa shape index (κ3) is 3.37. The van der Waals surface area contributed by atoms with E-state index in [2.05, 4.69) is 4.98 Å². The van der Waals surface area contributed by atoms with Gasteiger partial charge in [0.25, 0.3) is 5.82 Å². The molecule has 0 saturated heterocycles. The Labute approximate surface area is 121 Å². The molecule has 0 fully saturated rings. The van der Waals surface area contributed by atoms with E-state index in [4.69, 9.17) is 23.2 Å². The van der Waals surface area contributed by atoms with E-state index >= 15 is 0 Å². The number of imidazole rings is 1. The van der Waals surface area contributed by atoms with Crippen LogP contribution in [0.15, 0.2) is 30.6 Å². The van der Waals surface area contributed by atoms with Crippen molar-refractivity contribution in [1.82, 2.24) is 4.98 Å². The molecule has 7 heteroatoms. The molecule has 0 amide bonds. The lowest BCUT2D eigenvalue weighted by Gasteiger charge is -1.98. The molecule has 0 bridgehead atoms. The fourth-order valence-electron chi connectivity index (χ4n) is 1.55. The van der Waals surface area contributed by atoms with E-state index in [1.54, 1.807) is 36.5 Å². The van der Waals surface area contributed by atoms with Crippen molar-refractivity contribution in [2.75, 3.05) is 6.26 Å². The van der Waals surface area contributed by atoms with Crippen LogP contribution < -0.4 is 3.97 Å².